The second-order valence-electron chi connectivity index (χ2n) is 1.68. The summed E-state index contributed by atoms with van der Waals surface area (Å²) in [6.07, 6.45) is 3.40. The fourth-order valence-corrected chi connectivity index (χ4v) is 2.47. The van der Waals surface area contributed by atoms with E-state index in [9.17, 15) is 0 Å². The van der Waals surface area contributed by atoms with Crippen LogP contribution in [-0.4, -0.2) is 29.3 Å². The highest BCUT2D eigenvalue weighted by atomic mass is 32.2. The molecule has 0 unspecified atom stereocenters. The van der Waals surface area contributed by atoms with Gasteiger partial charge in [0.15, 0.2) is 0 Å². The van der Waals surface area contributed by atoms with E-state index >= 15 is 0 Å². The Morgan fingerprint density at radius 1 is 1.22 bits per heavy atom. The second-order valence-corrected chi connectivity index (χ2v) is 4.34. The third-order valence-electron chi connectivity index (χ3n) is 0.879. The van der Waals surface area contributed by atoms with Gasteiger partial charge in [-0.2, -0.15) is 36.2 Å². The van der Waals surface area contributed by atoms with Crippen LogP contribution in [0.5, 0.6) is 0 Å². The Labute approximate surface area is 72.0 Å². The summed E-state index contributed by atoms with van der Waals surface area (Å²) in [6, 6.07) is 0. The molecule has 0 aliphatic carbocycles. The average molecular weight is 182 g/mol. The molecular formula is C6H14S3. The average Bonchev–Trinajstić information content (AvgIpc) is 1.89. The fourth-order valence-electron chi connectivity index (χ4n) is 0.411. The zero-order chi connectivity index (χ0) is 6.95. The fraction of sp³-hybridized carbons (Fsp3) is 1.00. The van der Waals surface area contributed by atoms with Gasteiger partial charge in [-0.1, -0.05) is 0 Å². The summed E-state index contributed by atoms with van der Waals surface area (Å²) >= 11 is 8.08. The summed E-state index contributed by atoms with van der Waals surface area (Å²) in [5, 5.41) is 0. The molecule has 0 aromatic heterocycles. The number of hydrogen-bond acceptors (Lipinski definition) is 3. The van der Waals surface area contributed by atoms with E-state index in [2.05, 4.69) is 18.9 Å². The Balaban J connectivity index is 2.60. The number of thiol groups is 1. The van der Waals surface area contributed by atoms with Gasteiger partial charge in [0.05, 0.1) is 0 Å². The highest BCUT2D eigenvalue weighted by Crippen LogP contribution is 2.05. The standard InChI is InChI=1S/C6H14S3/c1-8-5-6-9-4-2-3-7/h7H,2-6H2,1H3. The Kier molecular flexibility index (Phi) is 10.1. The van der Waals surface area contributed by atoms with Crippen molar-refractivity contribution in [2.75, 3.05) is 29.3 Å². The molecule has 0 atom stereocenters. The van der Waals surface area contributed by atoms with Crippen LogP contribution in [0.1, 0.15) is 6.42 Å². The first-order valence-corrected chi connectivity index (χ1v) is 6.27. The molecule has 0 amide bonds. The predicted octanol–water partition coefficient (Wildman–Crippen LogP) is 2.40. The Bertz CT molecular complexity index is 41.6. The molecule has 0 heterocycles. The summed E-state index contributed by atoms with van der Waals surface area (Å²) in [7, 11) is 0. The van der Waals surface area contributed by atoms with Gasteiger partial charge >= 0.3 is 0 Å². The van der Waals surface area contributed by atoms with Crippen molar-refractivity contribution in [2.24, 2.45) is 0 Å². The van der Waals surface area contributed by atoms with Gasteiger partial charge in [-0.05, 0) is 24.2 Å². The molecule has 3 heteroatoms. The molecule has 0 N–H and O–H groups in total. The summed E-state index contributed by atoms with van der Waals surface area (Å²) < 4.78 is 0. The van der Waals surface area contributed by atoms with Gasteiger partial charge in [-0.25, -0.2) is 0 Å². The molecule has 0 aliphatic heterocycles. The molecule has 0 saturated heterocycles. The molecule has 0 bridgehead atoms. The molecule has 0 aromatic carbocycles. The maximum absolute atomic E-state index is 4.13. The largest absolute Gasteiger partial charge is 0.179 e. The molecule has 56 valence electrons. The van der Waals surface area contributed by atoms with Crippen LogP contribution in [-0.2, 0) is 0 Å². The molecule has 0 fully saturated rings. The van der Waals surface area contributed by atoms with Crippen molar-refractivity contribution < 1.29 is 0 Å². The highest BCUT2D eigenvalue weighted by Gasteiger charge is 1.86. The number of thioether (sulfide) groups is 2. The van der Waals surface area contributed by atoms with E-state index in [4.69, 9.17) is 0 Å². The van der Waals surface area contributed by atoms with E-state index < -0.39 is 0 Å². The first-order chi connectivity index (χ1) is 4.41. The molecular weight excluding hydrogens is 168 g/mol. The zero-order valence-electron chi connectivity index (χ0n) is 5.80. The number of hydrogen-bond donors (Lipinski definition) is 1. The normalized spacial score (nSPS) is 10.0. The molecule has 0 aromatic rings. The second kappa shape index (κ2) is 9.05. The lowest BCUT2D eigenvalue weighted by Crippen LogP contribution is -1.86. The zero-order valence-corrected chi connectivity index (χ0v) is 8.33. The minimum absolute atomic E-state index is 1.03. The first kappa shape index (κ1) is 10.0. The minimum atomic E-state index is 1.03. The summed E-state index contributed by atoms with van der Waals surface area (Å²) in [5.41, 5.74) is 0. The third kappa shape index (κ3) is 9.05. The topological polar surface area (TPSA) is 0 Å². The van der Waals surface area contributed by atoms with Crippen LogP contribution in [0.4, 0.5) is 0 Å². The molecule has 0 radical (unpaired) electrons. The van der Waals surface area contributed by atoms with Crippen molar-refractivity contribution in [3.63, 3.8) is 0 Å². The molecule has 0 rings (SSSR count). The first-order valence-electron chi connectivity index (χ1n) is 3.09. The Morgan fingerprint density at radius 2 is 2.00 bits per heavy atom. The van der Waals surface area contributed by atoms with Gasteiger partial charge in [-0.15, -0.1) is 0 Å². The van der Waals surface area contributed by atoms with Gasteiger partial charge < -0.3 is 0 Å². The van der Waals surface area contributed by atoms with Gasteiger partial charge in [-0.3, -0.25) is 0 Å². The van der Waals surface area contributed by atoms with Crippen molar-refractivity contribution in [3.05, 3.63) is 0 Å². The maximum atomic E-state index is 4.13. The minimum Gasteiger partial charge on any atom is -0.179 e. The van der Waals surface area contributed by atoms with Gasteiger partial charge in [0.25, 0.3) is 0 Å². The van der Waals surface area contributed by atoms with Crippen LogP contribution in [0.15, 0.2) is 0 Å². The van der Waals surface area contributed by atoms with Gasteiger partial charge in [0, 0.05) is 11.5 Å². The van der Waals surface area contributed by atoms with Crippen LogP contribution >= 0.6 is 36.2 Å². The van der Waals surface area contributed by atoms with E-state index in [1.165, 1.54) is 23.7 Å². The lowest BCUT2D eigenvalue weighted by molar-refractivity contribution is 1.13. The summed E-state index contributed by atoms with van der Waals surface area (Å²) in [5.74, 6) is 4.91. The molecule has 0 nitrogen and oxygen atoms in total. The van der Waals surface area contributed by atoms with Crippen LogP contribution in [0, 0.1) is 0 Å². The van der Waals surface area contributed by atoms with E-state index in [-0.39, 0.29) is 0 Å². The number of rotatable bonds is 6. The third-order valence-corrected chi connectivity index (χ3v) is 3.14. The highest BCUT2D eigenvalue weighted by molar-refractivity contribution is 8.02. The van der Waals surface area contributed by atoms with Crippen LogP contribution in [0.2, 0.25) is 0 Å². The molecule has 0 spiro atoms. The van der Waals surface area contributed by atoms with Crippen LogP contribution in [0.25, 0.3) is 0 Å². The molecule has 9 heavy (non-hydrogen) atoms. The predicted molar refractivity (Wildman–Crippen MR) is 54.2 cm³/mol. The van der Waals surface area contributed by atoms with Gasteiger partial charge in [0.1, 0.15) is 0 Å². The van der Waals surface area contributed by atoms with Crippen LogP contribution in [0.3, 0.4) is 0 Å². The lowest BCUT2D eigenvalue weighted by atomic mass is 10.6. The van der Waals surface area contributed by atoms with Gasteiger partial charge in [0.2, 0.25) is 0 Å². The SMILES string of the molecule is CSCCSCCCS. The van der Waals surface area contributed by atoms with E-state index in [1.54, 1.807) is 0 Å². The van der Waals surface area contributed by atoms with E-state index in [0.717, 1.165) is 5.75 Å². The van der Waals surface area contributed by atoms with E-state index in [0.29, 0.717) is 0 Å². The quantitative estimate of drug-likeness (QED) is 0.495. The van der Waals surface area contributed by atoms with Crippen LogP contribution < -0.4 is 0 Å². The van der Waals surface area contributed by atoms with Crippen molar-refractivity contribution >= 4 is 36.2 Å². The summed E-state index contributed by atoms with van der Waals surface area (Å²) in [6.45, 7) is 0. The molecule has 0 saturated carbocycles. The van der Waals surface area contributed by atoms with Crippen molar-refractivity contribution in [3.8, 4) is 0 Å². The smallest absolute Gasteiger partial charge is 0.00234 e. The van der Waals surface area contributed by atoms with Crippen molar-refractivity contribution in [2.45, 2.75) is 6.42 Å². The monoisotopic (exact) mass is 182 g/mol. The van der Waals surface area contributed by atoms with Crippen molar-refractivity contribution in [1.82, 2.24) is 0 Å². The summed E-state index contributed by atoms with van der Waals surface area (Å²) in [4.78, 5) is 0. The molecule has 0 aliphatic rings. The maximum Gasteiger partial charge on any atom is 0.00234 e. The Hall–Kier alpha value is 1.05. The van der Waals surface area contributed by atoms with Crippen molar-refractivity contribution in [1.29, 1.82) is 0 Å². The van der Waals surface area contributed by atoms with E-state index in [1.807, 2.05) is 23.5 Å². The Morgan fingerprint density at radius 3 is 2.56 bits per heavy atom. The lowest BCUT2D eigenvalue weighted by Gasteiger charge is -1.96.